The van der Waals surface area contributed by atoms with Crippen LogP contribution in [0.5, 0.6) is 0 Å². The number of rotatable bonds is 8. The van der Waals surface area contributed by atoms with Crippen LogP contribution in [0.4, 0.5) is 0 Å². The van der Waals surface area contributed by atoms with Crippen molar-refractivity contribution in [3.05, 3.63) is 0 Å². The van der Waals surface area contributed by atoms with Gasteiger partial charge in [0.1, 0.15) is 0 Å². The van der Waals surface area contributed by atoms with Gasteiger partial charge in [-0.1, -0.05) is 20.3 Å². The standard InChI is InChI=1S/C16H32N2/c1-4-8-17-11-16(5-2)18(3)12-15-10-13-6-7-14(15)9-13/h13-17H,4-12H2,1-3H3. The summed E-state index contributed by atoms with van der Waals surface area (Å²) < 4.78 is 0. The van der Waals surface area contributed by atoms with E-state index in [4.69, 9.17) is 0 Å². The molecule has 0 spiro atoms. The number of fused-ring (bicyclic) bond motifs is 2. The minimum absolute atomic E-state index is 0.732. The maximum Gasteiger partial charge on any atom is 0.0215 e. The summed E-state index contributed by atoms with van der Waals surface area (Å²) >= 11 is 0. The maximum atomic E-state index is 3.58. The molecule has 2 fully saturated rings. The molecule has 2 aliphatic carbocycles. The molecule has 0 saturated heterocycles. The molecule has 2 rings (SSSR count). The third-order valence-electron chi connectivity index (χ3n) is 5.31. The van der Waals surface area contributed by atoms with Crippen molar-refractivity contribution < 1.29 is 0 Å². The lowest BCUT2D eigenvalue weighted by molar-refractivity contribution is 0.166. The highest BCUT2D eigenvalue weighted by molar-refractivity contribution is 4.91. The quantitative estimate of drug-likeness (QED) is 0.668. The van der Waals surface area contributed by atoms with Crippen molar-refractivity contribution in [3.63, 3.8) is 0 Å². The van der Waals surface area contributed by atoms with Gasteiger partial charge in [0.05, 0.1) is 0 Å². The van der Waals surface area contributed by atoms with Gasteiger partial charge in [0.2, 0.25) is 0 Å². The van der Waals surface area contributed by atoms with Gasteiger partial charge in [0.25, 0.3) is 0 Å². The Labute approximate surface area is 114 Å². The van der Waals surface area contributed by atoms with Crippen LogP contribution in [0.15, 0.2) is 0 Å². The van der Waals surface area contributed by atoms with E-state index in [2.05, 4.69) is 31.1 Å². The molecule has 0 amide bonds. The molecule has 2 nitrogen and oxygen atoms in total. The van der Waals surface area contributed by atoms with Crippen LogP contribution in [0.2, 0.25) is 0 Å². The first kappa shape index (κ1) is 14.3. The molecule has 4 unspecified atom stereocenters. The van der Waals surface area contributed by atoms with E-state index in [0.29, 0.717) is 0 Å². The monoisotopic (exact) mass is 252 g/mol. The SMILES string of the molecule is CCCNCC(CC)N(C)CC1CC2CCC1C2. The van der Waals surface area contributed by atoms with Gasteiger partial charge in [-0.25, -0.2) is 0 Å². The second kappa shape index (κ2) is 6.91. The molecule has 4 atom stereocenters. The number of likely N-dealkylation sites (N-methyl/N-ethyl adjacent to an activating group) is 1. The van der Waals surface area contributed by atoms with Crippen LogP contribution < -0.4 is 5.32 Å². The summed E-state index contributed by atoms with van der Waals surface area (Å²) in [7, 11) is 2.34. The van der Waals surface area contributed by atoms with Gasteiger partial charge in [-0.2, -0.15) is 0 Å². The minimum atomic E-state index is 0.732. The molecule has 0 heterocycles. The summed E-state index contributed by atoms with van der Waals surface area (Å²) in [4.78, 5) is 2.63. The Bertz CT molecular complexity index is 241. The molecule has 2 bridgehead atoms. The summed E-state index contributed by atoms with van der Waals surface area (Å²) in [6.45, 7) is 8.25. The highest BCUT2D eigenvalue weighted by Crippen LogP contribution is 2.48. The first-order chi connectivity index (χ1) is 8.74. The number of hydrogen-bond donors (Lipinski definition) is 1. The lowest BCUT2D eigenvalue weighted by atomic mass is 9.88. The van der Waals surface area contributed by atoms with Gasteiger partial charge in [-0.3, -0.25) is 0 Å². The first-order valence-corrected chi connectivity index (χ1v) is 8.15. The highest BCUT2D eigenvalue weighted by Gasteiger charge is 2.39. The van der Waals surface area contributed by atoms with Crippen LogP contribution in [0.1, 0.15) is 52.4 Å². The number of hydrogen-bond acceptors (Lipinski definition) is 2. The van der Waals surface area contributed by atoms with Crippen LogP contribution in [0, 0.1) is 17.8 Å². The normalized spacial score (nSPS) is 32.3. The van der Waals surface area contributed by atoms with Gasteiger partial charge < -0.3 is 10.2 Å². The fourth-order valence-electron chi connectivity index (χ4n) is 4.18. The van der Waals surface area contributed by atoms with Gasteiger partial charge in [-0.05, 0) is 63.5 Å². The summed E-state index contributed by atoms with van der Waals surface area (Å²) in [6.07, 6.45) is 8.63. The van der Waals surface area contributed by atoms with Gasteiger partial charge in [0.15, 0.2) is 0 Å². The molecule has 0 aromatic rings. The molecular formula is C16H32N2. The summed E-state index contributed by atoms with van der Waals surface area (Å²) in [5.74, 6) is 3.17. The first-order valence-electron chi connectivity index (χ1n) is 8.15. The molecular weight excluding hydrogens is 220 g/mol. The minimum Gasteiger partial charge on any atom is -0.315 e. The fourth-order valence-corrected chi connectivity index (χ4v) is 4.18. The smallest absolute Gasteiger partial charge is 0.0215 e. The van der Waals surface area contributed by atoms with Crippen LogP contribution in [-0.4, -0.2) is 37.6 Å². The van der Waals surface area contributed by atoms with Gasteiger partial charge in [-0.15, -0.1) is 0 Å². The number of nitrogens with one attached hydrogen (secondary N) is 1. The summed E-state index contributed by atoms with van der Waals surface area (Å²) in [5.41, 5.74) is 0. The fraction of sp³-hybridized carbons (Fsp3) is 1.00. The Hall–Kier alpha value is -0.0800. The van der Waals surface area contributed by atoms with E-state index in [1.165, 1.54) is 51.7 Å². The Morgan fingerprint density at radius 1 is 1.22 bits per heavy atom. The summed E-state index contributed by atoms with van der Waals surface area (Å²) in [5, 5.41) is 3.58. The van der Waals surface area contributed by atoms with Gasteiger partial charge in [0, 0.05) is 19.1 Å². The van der Waals surface area contributed by atoms with Crippen molar-refractivity contribution in [3.8, 4) is 0 Å². The van der Waals surface area contributed by atoms with E-state index in [9.17, 15) is 0 Å². The Morgan fingerprint density at radius 3 is 2.61 bits per heavy atom. The second-order valence-electron chi connectivity index (χ2n) is 6.64. The van der Waals surface area contributed by atoms with Crippen molar-refractivity contribution in [2.45, 2.75) is 58.4 Å². The van der Waals surface area contributed by atoms with E-state index >= 15 is 0 Å². The predicted octanol–water partition coefficient (Wildman–Crippen LogP) is 3.13. The highest BCUT2D eigenvalue weighted by atomic mass is 15.1. The molecule has 0 aromatic heterocycles. The summed E-state index contributed by atoms with van der Waals surface area (Å²) in [6, 6.07) is 0.732. The molecule has 0 aromatic carbocycles. The van der Waals surface area contributed by atoms with Crippen molar-refractivity contribution in [2.75, 3.05) is 26.7 Å². The van der Waals surface area contributed by atoms with Crippen LogP contribution in [-0.2, 0) is 0 Å². The molecule has 106 valence electrons. The Balaban J connectivity index is 1.73. The zero-order valence-electron chi connectivity index (χ0n) is 12.6. The van der Waals surface area contributed by atoms with E-state index in [-0.39, 0.29) is 0 Å². The predicted molar refractivity (Wildman–Crippen MR) is 78.8 cm³/mol. The number of nitrogens with zero attached hydrogens (tertiary/aromatic N) is 1. The lowest BCUT2D eigenvalue weighted by Crippen LogP contribution is -2.42. The van der Waals surface area contributed by atoms with Crippen LogP contribution in [0.25, 0.3) is 0 Å². The third-order valence-corrected chi connectivity index (χ3v) is 5.31. The average Bonchev–Trinajstić information content (AvgIpc) is 2.96. The van der Waals surface area contributed by atoms with E-state index in [0.717, 1.165) is 23.8 Å². The lowest BCUT2D eigenvalue weighted by Gasteiger charge is -2.32. The van der Waals surface area contributed by atoms with Crippen molar-refractivity contribution in [1.82, 2.24) is 10.2 Å². The Morgan fingerprint density at radius 2 is 2.06 bits per heavy atom. The topological polar surface area (TPSA) is 15.3 Å². The molecule has 1 N–H and O–H groups in total. The molecule has 0 aliphatic heterocycles. The van der Waals surface area contributed by atoms with E-state index in [1.54, 1.807) is 6.42 Å². The molecule has 2 aliphatic rings. The van der Waals surface area contributed by atoms with E-state index in [1.807, 2.05) is 0 Å². The van der Waals surface area contributed by atoms with Crippen molar-refractivity contribution in [1.29, 1.82) is 0 Å². The Kier molecular flexibility index (Phi) is 5.50. The molecule has 18 heavy (non-hydrogen) atoms. The molecule has 2 saturated carbocycles. The average molecular weight is 252 g/mol. The second-order valence-corrected chi connectivity index (χ2v) is 6.64. The zero-order valence-corrected chi connectivity index (χ0v) is 12.6. The van der Waals surface area contributed by atoms with Crippen molar-refractivity contribution >= 4 is 0 Å². The molecule has 2 heteroatoms. The molecule has 0 radical (unpaired) electrons. The maximum absolute atomic E-state index is 3.58. The van der Waals surface area contributed by atoms with Gasteiger partial charge >= 0.3 is 0 Å². The third kappa shape index (κ3) is 3.48. The zero-order chi connectivity index (χ0) is 13.0. The van der Waals surface area contributed by atoms with Crippen LogP contribution in [0.3, 0.4) is 0 Å². The van der Waals surface area contributed by atoms with Crippen LogP contribution >= 0.6 is 0 Å². The van der Waals surface area contributed by atoms with Crippen molar-refractivity contribution in [2.24, 2.45) is 17.8 Å². The van der Waals surface area contributed by atoms with E-state index < -0.39 is 0 Å². The largest absolute Gasteiger partial charge is 0.315 e.